The summed E-state index contributed by atoms with van der Waals surface area (Å²) in [6, 6.07) is 7.74. The van der Waals surface area contributed by atoms with Gasteiger partial charge in [0.2, 0.25) is 5.13 Å². The molecule has 0 saturated carbocycles. The first-order valence-corrected chi connectivity index (χ1v) is 8.22. The molecule has 1 heterocycles. The van der Waals surface area contributed by atoms with Gasteiger partial charge in [-0.2, -0.15) is 0 Å². The van der Waals surface area contributed by atoms with Crippen LogP contribution >= 0.6 is 11.3 Å². The van der Waals surface area contributed by atoms with Gasteiger partial charge in [-0.15, -0.1) is 10.2 Å². The third-order valence-corrected chi connectivity index (χ3v) is 3.86. The molecule has 5 nitrogen and oxygen atoms in total. The molecule has 0 bridgehead atoms. The quantitative estimate of drug-likeness (QED) is 0.850. The number of nitrogens with zero attached hydrogens (tertiary/aromatic N) is 2. The van der Waals surface area contributed by atoms with Crippen LogP contribution < -0.4 is 10.1 Å². The largest absolute Gasteiger partial charge is 0.484 e. The zero-order valence-electron chi connectivity index (χ0n) is 13.1. The van der Waals surface area contributed by atoms with Crippen LogP contribution in [-0.4, -0.2) is 22.7 Å². The van der Waals surface area contributed by atoms with Gasteiger partial charge >= 0.3 is 0 Å². The number of carbonyl (C=O) groups is 1. The van der Waals surface area contributed by atoms with E-state index in [9.17, 15) is 4.79 Å². The minimum absolute atomic E-state index is 0.0371. The number of hydrogen-bond donors (Lipinski definition) is 1. The van der Waals surface area contributed by atoms with Gasteiger partial charge in [0.15, 0.2) is 6.61 Å². The van der Waals surface area contributed by atoms with Crippen molar-refractivity contribution in [1.29, 1.82) is 0 Å². The van der Waals surface area contributed by atoms with Crippen LogP contribution in [0.1, 0.15) is 31.3 Å². The molecular weight excluding hydrogens is 298 g/mol. The average Bonchev–Trinajstić information content (AvgIpc) is 2.92. The summed E-state index contributed by atoms with van der Waals surface area (Å²) in [4.78, 5) is 11.8. The van der Waals surface area contributed by atoms with Crippen molar-refractivity contribution >= 4 is 22.4 Å². The first-order valence-electron chi connectivity index (χ1n) is 7.40. The minimum atomic E-state index is -0.230. The van der Waals surface area contributed by atoms with Crippen molar-refractivity contribution in [3.8, 4) is 5.75 Å². The van der Waals surface area contributed by atoms with E-state index in [0.717, 1.165) is 17.8 Å². The van der Waals surface area contributed by atoms with E-state index < -0.39 is 0 Å². The Bertz CT molecular complexity index is 608. The van der Waals surface area contributed by atoms with Crippen LogP contribution in [0.5, 0.6) is 5.75 Å². The number of rotatable bonds is 7. The molecule has 6 heteroatoms. The lowest BCUT2D eigenvalue weighted by molar-refractivity contribution is -0.118. The number of amides is 1. The van der Waals surface area contributed by atoms with Crippen LogP contribution in [0.3, 0.4) is 0 Å². The summed E-state index contributed by atoms with van der Waals surface area (Å²) in [5.41, 5.74) is 1.24. The maximum Gasteiger partial charge on any atom is 0.264 e. The average molecular weight is 319 g/mol. The van der Waals surface area contributed by atoms with Crippen molar-refractivity contribution in [3.63, 3.8) is 0 Å². The summed E-state index contributed by atoms with van der Waals surface area (Å²) in [7, 11) is 0. The number of aromatic nitrogens is 2. The standard InChI is InChI=1S/C16H21N3O2S/c1-4-12-5-7-13(8-6-12)21-10-14(20)17-16-19-18-15(22-16)9-11(2)3/h5-8,11H,4,9-10H2,1-3H3,(H,17,19,20). The van der Waals surface area contributed by atoms with Gasteiger partial charge in [-0.1, -0.05) is 44.2 Å². The van der Waals surface area contributed by atoms with E-state index >= 15 is 0 Å². The number of carbonyl (C=O) groups excluding carboxylic acids is 1. The Hall–Kier alpha value is -1.95. The molecule has 118 valence electrons. The van der Waals surface area contributed by atoms with Gasteiger partial charge in [0.05, 0.1) is 0 Å². The molecule has 22 heavy (non-hydrogen) atoms. The number of benzene rings is 1. The third kappa shape index (κ3) is 5.11. The Labute approximate surface area is 134 Å². The van der Waals surface area contributed by atoms with E-state index in [1.165, 1.54) is 16.9 Å². The summed E-state index contributed by atoms with van der Waals surface area (Å²) in [5.74, 6) is 0.975. The zero-order valence-corrected chi connectivity index (χ0v) is 13.9. The van der Waals surface area contributed by atoms with Crippen LogP contribution in [0.4, 0.5) is 5.13 Å². The van der Waals surface area contributed by atoms with Crippen LogP contribution in [0, 0.1) is 5.92 Å². The van der Waals surface area contributed by atoms with E-state index in [-0.39, 0.29) is 12.5 Å². The van der Waals surface area contributed by atoms with E-state index in [1.807, 2.05) is 24.3 Å². The SMILES string of the molecule is CCc1ccc(OCC(=O)Nc2nnc(CC(C)C)s2)cc1. The van der Waals surface area contributed by atoms with E-state index in [1.54, 1.807) is 0 Å². The van der Waals surface area contributed by atoms with E-state index in [4.69, 9.17) is 4.74 Å². The smallest absolute Gasteiger partial charge is 0.264 e. The normalized spacial score (nSPS) is 10.7. The van der Waals surface area contributed by atoms with Crippen LogP contribution in [0.2, 0.25) is 0 Å². The fourth-order valence-electron chi connectivity index (χ4n) is 1.86. The Morgan fingerprint density at radius 3 is 2.64 bits per heavy atom. The molecule has 0 atom stereocenters. The summed E-state index contributed by atoms with van der Waals surface area (Å²) >= 11 is 1.41. The molecule has 0 radical (unpaired) electrons. The van der Waals surface area contributed by atoms with Gasteiger partial charge in [-0.25, -0.2) is 0 Å². The van der Waals surface area contributed by atoms with Crippen LogP contribution in [0.25, 0.3) is 0 Å². The number of hydrogen-bond acceptors (Lipinski definition) is 5. The third-order valence-electron chi connectivity index (χ3n) is 3.00. The predicted molar refractivity (Wildman–Crippen MR) is 88.4 cm³/mol. The summed E-state index contributed by atoms with van der Waals surface area (Å²) in [6.45, 7) is 6.30. The highest BCUT2D eigenvalue weighted by Gasteiger charge is 2.10. The van der Waals surface area contributed by atoms with Gasteiger partial charge in [-0.3, -0.25) is 10.1 Å². The maximum absolute atomic E-state index is 11.8. The molecule has 0 unspecified atom stereocenters. The molecule has 2 aromatic rings. The maximum atomic E-state index is 11.8. The Kier molecular flexibility index (Phi) is 5.89. The fraction of sp³-hybridized carbons (Fsp3) is 0.438. The molecule has 0 aliphatic heterocycles. The minimum Gasteiger partial charge on any atom is -0.484 e. The predicted octanol–water partition coefficient (Wildman–Crippen LogP) is 3.32. The molecule has 2 rings (SSSR count). The molecule has 0 fully saturated rings. The van der Waals surface area contributed by atoms with Crippen molar-refractivity contribution in [2.24, 2.45) is 5.92 Å². The summed E-state index contributed by atoms with van der Waals surface area (Å²) in [6.07, 6.45) is 1.85. The lowest BCUT2D eigenvalue weighted by Crippen LogP contribution is -2.20. The van der Waals surface area contributed by atoms with Crippen molar-refractivity contribution in [2.45, 2.75) is 33.6 Å². The van der Waals surface area contributed by atoms with E-state index in [2.05, 4.69) is 36.3 Å². The number of nitrogens with one attached hydrogen (secondary N) is 1. The van der Waals surface area contributed by atoms with Crippen molar-refractivity contribution in [2.75, 3.05) is 11.9 Å². The molecule has 1 aromatic carbocycles. The summed E-state index contributed by atoms with van der Waals surface area (Å²) < 4.78 is 5.46. The molecule has 0 aliphatic carbocycles. The Morgan fingerprint density at radius 2 is 2.00 bits per heavy atom. The second kappa shape index (κ2) is 7.89. The second-order valence-corrected chi connectivity index (χ2v) is 6.50. The Morgan fingerprint density at radius 1 is 1.27 bits per heavy atom. The first-order chi connectivity index (χ1) is 10.6. The van der Waals surface area contributed by atoms with Crippen LogP contribution in [0.15, 0.2) is 24.3 Å². The number of anilines is 1. The fourth-order valence-corrected chi connectivity index (χ4v) is 2.83. The van der Waals surface area contributed by atoms with Crippen molar-refractivity contribution in [1.82, 2.24) is 10.2 Å². The highest BCUT2D eigenvalue weighted by atomic mass is 32.1. The zero-order chi connectivity index (χ0) is 15.9. The molecule has 0 aliphatic rings. The van der Waals surface area contributed by atoms with Crippen molar-refractivity contribution < 1.29 is 9.53 Å². The van der Waals surface area contributed by atoms with Gasteiger partial charge < -0.3 is 4.74 Å². The molecule has 1 aromatic heterocycles. The molecule has 0 spiro atoms. The van der Waals surface area contributed by atoms with Gasteiger partial charge in [0, 0.05) is 6.42 Å². The first kappa shape index (κ1) is 16.4. The van der Waals surface area contributed by atoms with Crippen molar-refractivity contribution in [3.05, 3.63) is 34.8 Å². The highest BCUT2D eigenvalue weighted by molar-refractivity contribution is 7.15. The lowest BCUT2D eigenvalue weighted by atomic mass is 10.1. The van der Waals surface area contributed by atoms with Crippen LogP contribution in [-0.2, 0) is 17.6 Å². The monoisotopic (exact) mass is 319 g/mol. The van der Waals surface area contributed by atoms with Gasteiger partial charge in [0.1, 0.15) is 10.8 Å². The molecule has 1 amide bonds. The molecule has 0 saturated heterocycles. The van der Waals surface area contributed by atoms with Gasteiger partial charge in [-0.05, 0) is 30.0 Å². The highest BCUT2D eigenvalue weighted by Crippen LogP contribution is 2.18. The molecular formula is C16H21N3O2S. The number of ether oxygens (including phenoxy) is 1. The summed E-state index contributed by atoms with van der Waals surface area (Å²) in [5, 5.41) is 12.2. The second-order valence-electron chi connectivity index (χ2n) is 5.43. The van der Waals surface area contributed by atoms with E-state index in [0.29, 0.717) is 16.8 Å². The van der Waals surface area contributed by atoms with Gasteiger partial charge in [0.25, 0.3) is 5.91 Å². The number of aryl methyl sites for hydroxylation is 1. The molecule has 1 N–H and O–H groups in total. The lowest BCUT2D eigenvalue weighted by Gasteiger charge is -2.06. The Balaban J connectivity index is 1.80. The topological polar surface area (TPSA) is 64.1 Å².